The van der Waals surface area contributed by atoms with Gasteiger partial charge in [-0.3, -0.25) is 9.59 Å². The van der Waals surface area contributed by atoms with Gasteiger partial charge >= 0.3 is 0 Å². The Morgan fingerprint density at radius 3 is 2.31 bits per heavy atom. The van der Waals surface area contributed by atoms with Crippen molar-refractivity contribution in [2.24, 2.45) is 5.92 Å². The van der Waals surface area contributed by atoms with Crippen LogP contribution in [0.25, 0.3) is 27.7 Å². The fraction of sp³-hybridized carbons (Fsp3) is 0.156. The van der Waals surface area contributed by atoms with Crippen molar-refractivity contribution in [2.75, 3.05) is 18.4 Å². The van der Waals surface area contributed by atoms with Crippen LogP contribution in [0, 0.1) is 5.92 Å². The molecule has 0 radical (unpaired) electrons. The van der Waals surface area contributed by atoms with Crippen LogP contribution < -0.4 is 5.32 Å². The van der Waals surface area contributed by atoms with E-state index in [4.69, 9.17) is 16.7 Å². The van der Waals surface area contributed by atoms with Crippen molar-refractivity contribution in [2.45, 2.75) is 13.8 Å². The molecule has 0 aliphatic carbocycles. The Hall–Kier alpha value is -4.42. The van der Waals surface area contributed by atoms with Gasteiger partial charge in [-0.15, -0.1) is 0 Å². The van der Waals surface area contributed by atoms with Gasteiger partial charge in [-0.05, 0) is 41.0 Å². The number of halogens is 1. The van der Waals surface area contributed by atoms with Gasteiger partial charge < -0.3 is 10.2 Å². The molecule has 6 nitrogen and oxygen atoms in total. The Morgan fingerprint density at radius 2 is 1.56 bits per heavy atom. The minimum Gasteiger partial charge on any atom is -0.329 e. The van der Waals surface area contributed by atoms with Crippen molar-refractivity contribution in [3.05, 3.63) is 114 Å². The molecule has 0 saturated carbocycles. The number of benzene rings is 4. The molecule has 0 saturated heterocycles. The normalized spacial score (nSPS) is 11.1. The highest BCUT2D eigenvalue weighted by atomic mass is 35.5. The first-order valence-corrected chi connectivity index (χ1v) is 13.2. The molecule has 196 valence electrons. The van der Waals surface area contributed by atoms with Crippen molar-refractivity contribution in [1.29, 1.82) is 0 Å². The summed E-state index contributed by atoms with van der Waals surface area (Å²) < 4.78 is 1.63. The van der Waals surface area contributed by atoms with Gasteiger partial charge in [0.25, 0.3) is 5.91 Å². The van der Waals surface area contributed by atoms with Crippen LogP contribution in [-0.4, -0.2) is 39.6 Å². The molecule has 0 aliphatic rings. The van der Waals surface area contributed by atoms with Crippen LogP contribution in [0.15, 0.2) is 103 Å². The van der Waals surface area contributed by atoms with Crippen molar-refractivity contribution in [1.82, 2.24) is 14.7 Å². The van der Waals surface area contributed by atoms with Crippen LogP contribution in [0.3, 0.4) is 0 Å². The maximum atomic E-state index is 13.5. The first-order valence-electron chi connectivity index (χ1n) is 12.9. The number of carbonyl (C=O) groups is 2. The zero-order valence-corrected chi connectivity index (χ0v) is 22.6. The average Bonchev–Trinajstić information content (AvgIpc) is 3.35. The third-order valence-corrected chi connectivity index (χ3v) is 6.65. The molecule has 1 heterocycles. The van der Waals surface area contributed by atoms with E-state index in [1.54, 1.807) is 15.6 Å². The van der Waals surface area contributed by atoms with Crippen LogP contribution in [0.5, 0.6) is 0 Å². The van der Waals surface area contributed by atoms with E-state index in [-0.39, 0.29) is 24.3 Å². The topological polar surface area (TPSA) is 67.2 Å². The minimum atomic E-state index is -0.322. The van der Waals surface area contributed by atoms with Gasteiger partial charge in [0.15, 0.2) is 0 Å². The molecule has 39 heavy (non-hydrogen) atoms. The third-order valence-electron chi connectivity index (χ3n) is 6.33. The van der Waals surface area contributed by atoms with E-state index in [1.807, 2.05) is 111 Å². The Kier molecular flexibility index (Phi) is 7.75. The minimum absolute atomic E-state index is 0.0990. The number of carbonyl (C=O) groups excluding carboxylic acids is 2. The number of anilines is 1. The number of hydrogen-bond donors (Lipinski definition) is 1. The fourth-order valence-electron chi connectivity index (χ4n) is 4.55. The van der Waals surface area contributed by atoms with E-state index in [1.165, 1.54) is 0 Å². The molecule has 0 unspecified atom stereocenters. The predicted molar refractivity (Wildman–Crippen MR) is 157 cm³/mol. The standard InChI is InChI=1S/C32H29ClN4O2/c1-22(2)20-36(32(39)26-17-16-23-10-6-7-13-25(23)18-26)21-31(38)34-30-19-28(24-11-4-3-5-12-24)35-37(30)29-15-9-8-14-27(29)33/h3-19,22H,20-21H2,1-2H3,(H,34,38). The first kappa shape index (κ1) is 26.2. The smallest absolute Gasteiger partial charge is 0.254 e. The SMILES string of the molecule is CC(C)CN(CC(=O)Nc1cc(-c2ccccc2)nn1-c1ccccc1Cl)C(=O)c1ccc2ccccc2c1. The summed E-state index contributed by atoms with van der Waals surface area (Å²) in [4.78, 5) is 28.5. The second-order valence-electron chi connectivity index (χ2n) is 9.83. The van der Waals surface area contributed by atoms with Gasteiger partial charge in [-0.1, -0.05) is 98.2 Å². The van der Waals surface area contributed by atoms with Gasteiger partial charge in [-0.25, -0.2) is 4.68 Å². The second kappa shape index (κ2) is 11.5. The highest BCUT2D eigenvalue weighted by Gasteiger charge is 2.22. The highest BCUT2D eigenvalue weighted by molar-refractivity contribution is 6.32. The van der Waals surface area contributed by atoms with E-state index in [0.29, 0.717) is 34.3 Å². The van der Waals surface area contributed by atoms with Crippen LogP contribution in [0.1, 0.15) is 24.2 Å². The fourth-order valence-corrected chi connectivity index (χ4v) is 4.76. The summed E-state index contributed by atoms with van der Waals surface area (Å²) in [5.41, 5.74) is 2.79. The summed E-state index contributed by atoms with van der Waals surface area (Å²) >= 11 is 6.49. The molecule has 4 aromatic carbocycles. The van der Waals surface area contributed by atoms with Gasteiger partial charge in [0.2, 0.25) is 5.91 Å². The highest BCUT2D eigenvalue weighted by Crippen LogP contribution is 2.28. The molecule has 0 fully saturated rings. The first-order chi connectivity index (χ1) is 18.9. The van der Waals surface area contributed by atoms with E-state index in [2.05, 4.69) is 5.32 Å². The van der Waals surface area contributed by atoms with Gasteiger partial charge in [0, 0.05) is 23.7 Å². The molecule has 5 rings (SSSR count). The van der Waals surface area contributed by atoms with Crippen molar-refractivity contribution in [3.63, 3.8) is 0 Å². The zero-order valence-electron chi connectivity index (χ0n) is 21.8. The molecule has 1 aromatic heterocycles. The Bertz CT molecular complexity index is 1630. The summed E-state index contributed by atoms with van der Waals surface area (Å²) in [5, 5.41) is 10.3. The number of aromatic nitrogens is 2. The van der Waals surface area contributed by atoms with Crippen LogP contribution in [-0.2, 0) is 4.79 Å². The summed E-state index contributed by atoms with van der Waals surface area (Å²) in [5.74, 6) is 0.141. The lowest BCUT2D eigenvalue weighted by atomic mass is 10.1. The van der Waals surface area contributed by atoms with E-state index in [0.717, 1.165) is 16.3 Å². The zero-order chi connectivity index (χ0) is 27.4. The van der Waals surface area contributed by atoms with E-state index in [9.17, 15) is 9.59 Å². The number of nitrogens with zero attached hydrogens (tertiary/aromatic N) is 3. The maximum Gasteiger partial charge on any atom is 0.254 e. The van der Waals surface area contributed by atoms with Crippen molar-refractivity contribution >= 4 is 40.0 Å². The summed E-state index contributed by atoms with van der Waals surface area (Å²) in [6.07, 6.45) is 0. The molecule has 1 N–H and O–H groups in total. The molecule has 0 atom stereocenters. The van der Waals surface area contributed by atoms with Crippen molar-refractivity contribution < 1.29 is 9.59 Å². The summed E-state index contributed by atoms with van der Waals surface area (Å²) in [7, 11) is 0. The molecule has 0 aliphatic heterocycles. The molecular formula is C32H29ClN4O2. The lowest BCUT2D eigenvalue weighted by Crippen LogP contribution is -2.40. The largest absolute Gasteiger partial charge is 0.329 e. The van der Waals surface area contributed by atoms with Gasteiger partial charge in [0.1, 0.15) is 12.4 Å². The van der Waals surface area contributed by atoms with Crippen molar-refractivity contribution in [3.8, 4) is 16.9 Å². The summed E-state index contributed by atoms with van der Waals surface area (Å²) in [6, 6.07) is 32.4. The number of para-hydroxylation sites is 1. The molecular weight excluding hydrogens is 508 g/mol. The van der Waals surface area contributed by atoms with Gasteiger partial charge in [-0.2, -0.15) is 5.10 Å². The van der Waals surface area contributed by atoms with Gasteiger partial charge in [0.05, 0.1) is 16.4 Å². The Labute approximate surface area is 232 Å². The summed E-state index contributed by atoms with van der Waals surface area (Å²) in [6.45, 7) is 4.39. The number of fused-ring (bicyclic) bond motifs is 1. The van der Waals surface area contributed by atoms with Crippen LogP contribution >= 0.6 is 11.6 Å². The van der Waals surface area contributed by atoms with E-state index < -0.39 is 0 Å². The molecule has 0 spiro atoms. The Balaban J connectivity index is 1.43. The average molecular weight is 537 g/mol. The number of amides is 2. The third kappa shape index (κ3) is 6.02. The molecule has 2 amide bonds. The molecule has 5 aromatic rings. The molecule has 0 bridgehead atoms. The number of nitrogens with one attached hydrogen (secondary N) is 1. The number of hydrogen-bond acceptors (Lipinski definition) is 3. The number of rotatable bonds is 8. The Morgan fingerprint density at radius 1 is 0.872 bits per heavy atom. The lowest BCUT2D eigenvalue weighted by Gasteiger charge is -2.24. The predicted octanol–water partition coefficient (Wildman–Crippen LogP) is 7.08. The lowest BCUT2D eigenvalue weighted by molar-refractivity contribution is -0.117. The van der Waals surface area contributed by atoms with Crippen LogP contribution in [0.4, 0.5) is 5.82 Å². The monoisotopic (exact) mass is 536 g/mol. The van der Waals surface area contributed by atoms with E-state index >= 15 is 0 Å². The quantitative estimate of drug-likeness (QED) is 0.230. The second-order valence-corrected chi connectivity index (χ2v) is 10.2. The maximum absolute atomic E-state index is 13.5. The van der Waals surface area contributed by atoms with Crippen LogP contribution in [0.2, 0.25) is 5.02 Å². The molecule has 7 heteroatoms.